The summed E-state index contributed by atoms with van der Waals surface area (Å²) in [5, 5.41) is 4.67. The molecule has 8 aromatic rings. The summed E-state index contributed by atoms with van der Waals surface area (Å²) in [6, 6.07) is 42.4. The van der Waals surface area contributed by atoms with E-state index in [1.807, 2.05) is 25.1 Å². The van der Waals surface area contributed by atoms with Gasteiger partial charge >= 0.3 is 0 Å². The number of aromatic nitrogens is 2. The second-order valence-corrected chi connectivity index (χ2v) is 11.9. The van der Waals surface area contributed by atoms with Crippen LogP contribution in [0.15, 0.2) is 121 Å². The van der Waals surface area contributed by atoms with Gasteiger partial charge in [0.2, 0.25) is 0 Å². The lowest BCUT2D eigenvalue weighted by Crippen LogP contribution is -2.55. The lowest BCUT2D eigenvalue weighted by atomic mass is 9.59. The minimum atomic E-state index is 0.207. The fraction of sp³-hybridized carbons (Fsp3) is 0.0250. The van der Waals surface area contributed by atoms with Gasteiger partial charge in [0.05, 0.1) is 11.0 Å². The number of fused-ring (bicyclic) bond motifs is 3. The summed E-state index contributed by atoms with van der Waals surface area (Å²) in [6.45, 7) is 2.05. The molecular weight excluding hydrogens is 563 g/mol. The minimum absolute atomic E-state index is 0.207. The highest BCUT2D eigenvalue weighted by Crippen LogP contribution is 2.44. The molecule has 7 heteroatoms. The number of rotatable bonds is 4. The normalized spacial score (nSPS) is 11.5. The molecule has 2 nitrogen and oxygen atoms in total. The number of aryl methyl sites for hydroxylation is 1. The Kier molecular flexibility index (Phi) is 7.02. The van der Waals surface area contributed by atoms with Crippen LogP contribution in [0, 0.1) is 6.92 Å². The van der Waals surface area contributed by atoms with Crippen molar-refractivity contribution < 1.29 is 0 Å². The smallest absolute Gasteiger partial charge is 0.113 e. The summed E-state index contributed by atoms with van der Waals surface area (Å²) in [6.07, 6.45) is 0. The molecule has 0 fully saturated rings. The molecule has 7 aromatic carbocycles. The van der Waals surface area contributed by atoms with Crippen molar-refractivity contribution in [1.82, 2.24) is 9.55 Å². The van der Waals surface area contributed by atoms with Crippen LogP contribution in [0.1, 0.15) is 5.82 Å². The van der Waals surface area contributed by atoms with Crippen molar-refractivity contribution in [2.75, 3.05) is 0 Å². The summed E-state index contributed by atoms with van der Waals surface area (Å²) in [4.78, 5) is 4.77. The Hall–Kier alpha value is -5.15. The van der Waals surface area contributed by atoms with Crippen LogP contribution < -0.4 is 27.3 Å². The highest BCUT2D eigenvalue weighted by Gasteiger charge is 2.18. The van der Waals surface area contributed by atoms with Crippen LogP contribution in [0.3, 0.4) is 0 Å². The second kappa shape index (κ2) is 11.3. The van der Waals surface area contributed by atoms with E-state index in [-0.39, 0.29) is 16.4 Å². The van der Waals surface area contributed by atoms with Crippen molar-refractivity contribution in [3.8, 4) is 39.1 Å². The SMILES string of the molecule is [B]c1c([B])c([B])c(-c2ccc(-c3c4ccccc4c(-c4ccc(-n5c(C)nc6ccccc65)cc4)c4ccccc34)cc2)c([B])c1[B]. The highest BCUT2D eigenvalue weighted by atomic mass is 15.1. The van der Waals surface area contributed by atoms with Crippen molar-refractivity contribution >= 4 is 99.1 Å². The van der Waals surface area contributed by atoms with E-state index in [2.05, 4.69) is 108 Å². The Morgan fingerprint density at radius 3 is 1.30 bits per heavy atom. The first-order valence-corrected chi connectivity index (χ1v) is 15.4. The molecule has 0 aliphatic carbocycles. The maximum absolute atomic E-state index is 6.38. The van der Waals surface area contributed by atoms with Gasteiger partial charge in [0, 0.05) is 5.69 Å². The molecule has 1 heterocycles. The van der Waals surface area contributed by atoms with Gasteiger partial charge in [-0.05, 0) is 86.1 Å². The molecule has 208 valence electrons. The molecule has 1 aromatic heterocycles. The maximum Gasteiger partial charge on any atom is 0.113 e. The number of imidazole rings is 1. The maximum atomic E-state index is 6.38. The molecule has 0 unspecified atom stereocenters. The van der Waals surface area contributed by atoms with Gasteiger partial charge in [0.1, 0.15) is 45.1 Å². The highest BCUT2D eigenvalue weighted by molar-refractivity contribution is 6.68. The molecule has 0 atom stereocenters. The molecule has 0 bridgehead atoms. The van der Waals surface area contributed by atoms with E-state index in [0.717, 1.165) is 55.6 Å². The van der Waals surface area contributed by atoms with Crippen LogP contribution in [-0.2, 0) is 0 Å². The van der Waals surface area contributed by atoms with Crippen molar-refractivity contribution in [3.63, 3.8) is 0 Å². The Morgan fingerprint density at radius 1 is 0.426 bits per heavy atom. The number of nitrogens with zero attached hydrogens (tertiary/aromatic N) is 2. The summed E-state index contributed by atoms with van der Waals surface area (Å²) in [7, 11) is 31.1. The van der Waals surface area contributed by atoms with Crippen LogP contribution >= 0.6 is 0 Å². The standard InChI is InChI=1S/C40H23B5N2/c1-22-46-31-12-6-7-13-32(31)47(22)26-20-18-24(19-21-26)34-29-10-4-2-8-27(29)33(28-9-3-5-11-30(28)34)23-14-16-25(17-15-23)35-36(41)38(43)40(45)39(44)37(35)42/h2-21H,1H3. The second-order valence-electron chi connectivity index (χ2n) is 11.9. The topological polar surface area (TPSA) is 17.8 Å². The fourth-order valence-corrected chi connectivity index (χ4v) is 6.96. The van der Waals surface area contributed by atoms with Crippen LogP contribution in [0.25, 0.3) is 71.6 Å². The van der Waals surface area contributed by atoms with E-state index in [9.17, 15) is 0 Å². The average molecular weight is 586 g/mol. The zero-order valence-electron chi connectivity index (χ0n) is 25.8. The van der Waals surface area contributed by atoms with Crippen molar-refractivity contribution in [2.45, 2.75) is 6.92 Å². The third kappa shape index (κ3) is 4.60. The van der Waals surface area contributed by atoms with Gasteiger partial charge in [-0.3, -0.25) is 4.57 Å². The van der Waals surface area contributed by atoms with Crippen LogP contribution in [0.5, 0.6) is 0 Å². The molecule has 0 saturated carbocycles. The number of para-hydroxylation sites is 2. The Labute approximate surface area is 280 Å². The summed E-state index contributed by atoms with van der Waals surface area (Å²) in [5.41, 5.74) is 10.5. The van der Waals surface area contributed by atoms with Gasteiger partial charge in [0.15, 0.2) is 0 Å². The Bertz CT molecular complexity index is 2430. The van der Waals surface area contributed by atoms with Crippen molar-refractivity contribution in [1.29, 1.82) is 0 Å². The van der Waals surface area contributed by atoms with Crippen LogP contribution in [0.4, 0.5) is 0 Å². The molecule has 10 radical (unpaired) electrons. The van der Waals surface area contributed by atoms with E-state index in [1.165, 1.54) is 16.3 Å². The molecule has 47 heavy (non-hydrogen) atoms. The lowest BCUT2D eigenvalue weighted by molar-refractivity contribution is 1.00. The molecule has 0 N–H and O–H groups in total. The average Bonchev–Trinajstić information content (AvgIpc) is 3.45. The monoisotopic (exact) mass is 586 g/mol. The largest absolute Gasteiger partial charge is 0.297 e. The zero-order chi connectivity index (χ0) is 32.4. The molecule has 0 amide bonds. The molecule has 8 rings (SSSR count). The van der Waals surface area contributed by atoms with E-state index < -0.39 is 0 Å². The number of benzene rings is 7. The Morgan fingerprint density at radius 2 is 0.809 bits per heavy atom. The van der Waals surface area contributed by atoms with E-state index in [0.29, 0.717) is 16.5 Å². The molecule has 0 saturated heterocycles. The quantitative estimate of drug-likeness (QED) is 0.218. The van der Waals surface area contributed by atoms with Gasteiger partial charge in [-0.2, -0.15) is 0 Å². The summed E-state index contributed by atoms with van der Waals surface area (Å²) < 4.78 is 2.20. The third-order valence-corrected chi connectivity index (χ3v) is 9.24. The molecule has 0 spiro atoms. The molecular formula is C40H23B5N2. The van der Waals surface area contributed by atoms with Gasteiger partial charge < -0.3 is 0 Å². The minimum Gasteiger partial charge on any atom is -0.297 e. The van der Waals surface area contributed by atoms with Crippen molar-refractivity contribution in [3.05, 3.63) is 127 Å². The number of hydrogen-bond donors (Lipinski definition) is 0. The predicted molar refractivity (Wildman–Crippen MR) is 204 cm³/mol. The fourth-order valence-electron chi connectivity index (χ4n) is 6.96. The molecule has 0 aliphatic heterocycles. The molecule has 0 aliphatic rings. The van der Waals surface area contributed by atoms with Gasteiger partial charge in [-0.15, -0.1) is 16.4 Å². The third-order valence-electron chi connectivity index (χ3n) is 9.24. The number of hydrogen-bond acceptors (Lipinski definition) is 1. The van der Waals surface area contributed by atoms with Gasteiger partial charge in [-0.25, -0.2) is 4.98 Å². The van der Waals surface area contributed by atoms with Gasteiger partial charge in [0.25, 0.3) is 0 Å². The lowest BCUT2D eigenvalue weighted by Gasteiger charge is -2.22. The van der Waals surface area contributed by atoms with E-state index >= 15 is 0 Å². The summed E-state index contributed by atoms with van der Waals surface area (Å²) >= 11 is 0. The van der Waals surface area contributed by atoms with Crippen molar-refractivity contribution in [2.24, 2.45) is 0 Å². The van der Waals surface area contributed by atoms with E-state index in [1.54, 1.807) is 0 Å². The van der Waals surface area contributed by atoms with Crippen LogP contribution in [-0.4, -0.2) is 48.8 Å². The summed E-state index contributed by atoms with van der Waals surface area (Å²) in [5.74, 6) is 0.957. The predicted octanol–water partition coefficient (Wildman–Crippen LogP) is 4.61. The van der Waals surface area contributed by atoms with Gasteiger partial charge in [-0.1, -0.05) is 108 Å². The first kappa shape index (κ1) is 29.3. The Balaban J connectivity index is 1.29. The first-order chi connectivity index (χ1) is 22.8. The van der Waals surface area contributed by atoms with Crippen LogP contribution in [0.2, 0.25) is 0 Å². The zero-order valence-corrected chi connectivity index (χ0v) is 25.8. The van der Waals surface area contributed by atoms with E-state index in [4.69, 9.17) is 44.2 Å². The first-order valence-electron chi connectivity index (χ1n) is 15.4.